The van der Waals surface area contributed by atoms with E-state index < -0.39 is 6.61 Å². The smallest absolute Gasteiger partial charge is 0.387 e. The number of halogens is 3. The molecule has 2 aromatic carbocycles. The molecule has 6 nitrogen and oxygen atoms in total. The van der Waals surface area contributed by atoms with E-state index >= 15 is 0 Å². The van der Waals surface area contributed by atoms with E-state index in [1.165, 1.54) is 51.1 Å². The van der Waals surface area contributed by atoms with Crippen LogP contribution in [0.5, 0.6) is 11.5 Å². The van der Waals surface area contributed by atoms with E-state index in [2.05, 4.69) is 49.5 Å². The predicted molar refractivity (Wildman–Crippen MR) is 138 cm³/mol. The van der Waals surface area contributed by atoms with Gasteiger partial charge in [-0.05, 0) is 54.8 Å². The molecule has 0 amide bonds. The maximum Gasteiger partial charge on any atom is 0.387 e. The van der Waals surface area contributed by atoms with Gasteiger partial charge in [-0.15, -0.1) is 24.0 Å². The molecular formula is C24H33F2IN4O2. The van der Waals surface area contributed by atoms with Crippen LogP contribution in [0.15, 0.2) is 47.5 Å². The third kappa shape index (κ3) is 8.96. The van der Waals surface area contributed by atoms with Crippen LogP contribution in [0, 0.1) is 0 Å². The van der Waals surface area contributed by atoms with Crippen molar-refractivity contribution in [3.63, 3.8) is 0 Å². The molecule has 1 aliphatic rings. The van der Waals surface area contributed by atoms with E-state index in [1.807, 2.05) is 0 Å². The number of alkyl halides is 2. The van der Waals surface area contributed by atoms with Crippen molar-refractivity contribution >= 4 is 29.9 Å². The summed E-state index contributed by atoms with van der Waals surface area (Å²) >= 11 is 0. The number of piperidine rings is 1. The summed E-state index contributed by atoms with van der Waals surface area (Å²) < 4.78 is 34.8. The van der Waals surface area contributed by atoms with Crippen LogP contribution in [-0.2, 0) is 19.6 Å². The number of benzene rings is 2. The van der Waals surface area contributed by atoms with Crippen LogP contribution in [0.4, 0.5) is 8.78 Å². The van der Waals surface area contributed by atoms with Crippen LogP contribution in [0.2, 0.25) is 0 Å². The highest BCUT2D eigenvalue weighted by molar-refractivity contribution is 14.0. The van der Waals surface area contributed by atoms with E-state index in [4.69, 9.17) is 4.74 Å². The first-order chi connectivity index (χ1) is 15.6. The van der Waals surface area contributed by atoms with Crippen LogP contribution in [0.1, 0.15) is 36.0 Å². The number of aliphatic imine (C=N–C) groups is 1. The van der Waals surface area contributed by atoms with Crippen LogP contribution < -0.4 is 20.1 Å². The second-order valence-corrected chi connectivity index (χ2v) is 7.80. The largest absolute Gasteiger partial charge is 0.493 e. The number of methoxy groups -OCH3 is 1. The average molecular weight is 574 g/mol. The lowest BCUT2D eigenvalue weighted by atomic mass is 10.1. The normalized spacial score (nSPS) is 14.5. The van der Waals surface area contributed by atoms with Crippen LogP contribution in [0.25, 0.3) is 0 Å². The van der Waals surface area contributed by atoms with Gasteiger partial charge >= 0.3 is 6.61 Å². The summed E-state index contributed by atoms with van der Waals surface area (Å²) in [4.78, 5) is 6.74. The van der Waals surface area contributed by atoms with Gasteiger partial charge in [0.1, 0.15) is 0 Å². The molecule has 0 aliphatic carbocycles. The molecule has 182 valence electrons. The average Bonchev–Trinajstić information content (AvgIpc) is 2.80. The standard InChI is InChI=1S/C24H32F2N4O2.HI/c1-27-24(29-16-20-10-11-21(31-2)22(14-20)32-23(25)26)28-15-18-6-8-19(9-7-18)17-30-12-4-3-5-13-30;/h6-11,14,23H,3-5,12-13,15-17H2,1-2H3,(H2,27,28,29);1H. The number of nitrogens with zero attached hydrogens (tertiary/aromatic N) is 2. The summed E-state index contributed by atoms with van der Waals surface area (Å²) in [6.07, 6.45) is 3.94. The Labute approximate surface area is 211 Å². The van der Waals surface area contributed by atoms with Gasteiger partial charge in [0, 0.05) is 26.7 Å². The fourth-order valence-electron chi connectivity index (χ4n) is 3.75. The lowest BCUT2D eigenvalue weighted by molar-refractivity contribution is -0.0512. The lowest BCUT2D eigenvalue weighted by Crippen LogP contribution is -2.36. The lowest BCUT2D eigenvalue weighted by Gasteiger charge is -2.26. The van der Waals surface area contributed by atoms with Crippen molar-refractivity contribution in [3.05, 3.63) is 59.2 Å². The molecule has 1 fully saturated rings. The first kappa shape index (κ1) is 27.1. The SMILES string of the molecule is CN=C(NCc1ccc(CN2CCCCC2)cc1)NCc1ccc(OC)c(OC(F)F)c1.I. The number of rotatable bonds is 9. The third-order valence-corrected chi connectivity index (χ3v) is 5.47. The molecule has 3 rings (SSSR count). The number of hydrogen-bond acceptors (Lipinski definition) is 4. The van der Waals surface area contributed by atoms with Gasteiger partial charge in [0.15, 0.2) is 17.5 Å². The van der Waals surface area contributed by atoms with Gasteiger partial charge in [-0.3, -0.25) is 9.89 Å². The quantitative estimate of drug-likeness (QED) is 0.257. The molecule has 0 unspecified atom stereocenters. The van der Waals surface area contributed by atoms with Crippen molar-refractivity contribution in [2.45, 2.75) is 45.5 Å². The Morgan fingerprint density at radius 3 is 2.15 bits per heavy atom. The van der Waals surface area contributed by atoms with Crippen molar-refractivity contribution < 1.29 is 18.3 Å². The van der Waals surface area contributed by atoms with Gasteiger partial charge in [0.05, 0.1) is 7.11 Å². The van der Waals surface area contributed by atoms with E-state index in [0.29, 0.717) is 19.0 Å². The molecule has 0 saturated carbocycles. The van der Waals surface area contributed by atoms with Crippen molar-refractivity contribution in [1.82, 2.24) is 15.5 Å². The molecule has 1 heterocycles. The van der Waals surface area contributed by atoms with E-state index in [9.17, 15) is 8.78 Å². The summed E-state index contributed by atoms with van der Waals surface area (Å²) in [7, 11) is 3.11. The van der Waals surface area contributed by atoms with Gasteiger partial charge in [0.25, 0.3) is 0 Å². The minimum atomic E-state index is -2.91. The van der Waals surface area contributed by atoms with Gasteiger partial charge in [0.2, 0.25) is 0 Å². The Hall–Kier alpha value is -2.14. The number of likely N-dealkylation sites (tertiary alicyclic amines) is 1. The molecule has 0 spiro atoms. The molecule has 0 bridgehead atoms. The highest BCUT2D eigenvalue weighted by atomic mass is 127. The molecule has 1 saturated heterocycles. The maximum atomic E-state index is 12.6. The monoisotopic (exact) mass is 574 g/mol. The second kappa shape index (κ2) is 14.2. The molecule has 33 heavy (non-hydrogen) atoms. The van der Waals surface area contributed by atoms with E-state index in [0.717, 1.165) is 17.7 Å². The van der Waals surface area contributed by atoms with Crippen molar-refractivity contribution in [2.24, 2.45) is 4.99 Å². The van der Waals surface area contributed by atoms with Crippen LogP contribution in [0.3, 0.4) is 0 Å². The zero-order valence-electron chi connectivity index (χ0n) is 19.2. The fraction of sp³-hybridized carbons (Fsp3) is 0.458. The highest BCUT2D eigenvalue weighted by Gasteiger charge is 2.12. The van der Waals surface area contributed by atoms with Crippen LogP contribution >= 0.6 is 24.0 Å². The minimum Gasteiger partial charge on any atom is -0.493 e. The predicted octanol–water partition coefficient (Wildman–Crippen LogP) is 4.77. The molecule has 0 radical (unpaired) electrons. The third-order valence-electron chi connectivity index (χ3n) is 5.47. The highest BCUT2D eigenvalue weighted by Crippen LogP contribution is 2.29. The zero-order chi connectivity index (χ0) is 22.8. The summed E-state index contributed by atoms with van der Waals surface area (Å²) in [5.41, 5.74) is 3.26. The van der Waals surface area contributed by atoms with Crippen molar-refractivity contribution in [3.8, 4) is 11.5 Å². The van der Waals surface area contributed by atoms with Gasteiger partial charge in [-0.1, -0.05) is 36.8 Å². The van der Waals surface area contributed by atoms with Gasteiger partial charge in [-0.25, -0.2) is 0 Å². The number of guanidine groups is 1. The number of nitrogens with one attached hydrogen (secondary N) is 2. The molecular weight excluding hydrogens is 541 g/mol. The Morgan fingerprint density at radius 1 is 0.939 bits per heavy atom. The summed E-state index contributed by atoms with van der Waals surface area (Å²) in [6.45, 7) is 1.51. The minimum absolute atomic E-state index is 0. The fourth-order valence-corrected chi connectivity index (χ4v) is 3.75. The number of ether oxygens (including phenoxy) is 2. The Bertz CT molecular complexity index is 875. The first-order valence-corrected chi connectivity index (χ1v) is 10.9. The molecule has 2 N–H and O–H groups in total. The summed E-state index contributed by atoms with van der Waals surface area (Å²) in [6, 6.07) is 13.6. The van der Waals surface area contributed by atoms with Gasteiger partial charge in [-0.2, -0.15) is 8.78 Å². The molecule has 9 heteroatoms. The molecule has 0 aromatic heterocycles. The first-order valence-electron chi connectivity index (χ1n) is 10.9. The Balaban J connectivity index is 0.00000385. The van der Waals surface area contributed by atoms with Crippen LogP contribution in [-0.4, -0.2) is 44.7 Å². The topological polar surface area (TPSA) is 58.1 Å². The summed E-state index contributed by atoms with van der Waals surface area (Å²) in [5.74, 6) is 0.893. The van der Waals surface area contributed by atoms with E-state index in [1.54, 1.807) is 19.2 Å². The second-order valence-electron chi connectivity index (χ2n) is 7.80. The molecule has 0 atom stereocenters. The Kier molecular flexibility index (Phi) is 11.7. The maximum absolute atomic E-state index is 12.6. The molecule has 1 aliphatic heterocycles. The van der Waals surface area contributed by atoms with Crippen molar-refractivity contribution in [1.29, 1.82) is 0 Å². The number of hydrogen-bond donors (Lipinski definition) is 2. The van der Waals surface area contributed by atoms with Gasteiger partial charge < -0.3 is 20.1 Å². The summed E-state index contributed by atoms with van der Waals surface area (Å²) in [5, 5.41) is 6.47. The van der Waals surface area contributed by atoms with E-state index in [-0.39, 0.29) is 35.5 Å². The Morgan fingerprint density at radius 2 is 1.55 bits per heavy atom. The molecule has 2 aromatic rings. The zero-order valence-corrected chi connectivity index (χ0v) is 21.5. The van der Waals surface area contributed by atoms with Crippen molar-refractivity contribution in [2.75, 3.05) is 27.2 Å².